The molecule has 59 heavy (non-hydrogen) atoms. The minimum atomic E-state index is 1.02. The molecule has 0 aliphatic carbocycles. The van der Waals surface area contributed by atoms with Crippen molar-refractivity contribution in [2.45, 2.75) is 258 Å². The second-order valence-electron chi connectivity index (χ2n) is 17.6. The number of unbranched alkanes of at least 4 members (excludes halogenated alkanes) is 22. The fraction of sp³-hybridized carbons (Fsp3) is 0.714. The molecule has 2 aromatic carbocycles. The van der Waals surface area contributed by atoms with Crippen LogP contribution in [0.25, 0.3) is 16.9 Å². The van der Waals surface area contributed by atoms with Gasteiger partial charge in [0, 0.05) is 22.3 Å². The molecule has 0 atom stereocenters. The van der Waals surface area contributed by atoms with Crippen LogP contribution in [0, 0.1) is 0 Å². The number of hydrogen-bond donors (Lipinski definition) is 0. The van der Waals surface area contributed by atoms with E-state index in [1.54, 1.807) is 4.70 Å². The Hall–Kier alpha value is -1.99. The Bertz CT molecular complexity index is 1360. The summed E-state index contributed by atoms with van der Waals surface area (Å²) in [6.45, 7) is 13.7. The number of nitrogens with zero attached hydrogens (tertiary/aromatic N) is 2. The second-order valence-corrected chi connectivity index (χ2v) is 19.1. The van der Waals surface area contributed by atoms with E-state index in [2.05, 4.69) is 90.1 Å². The maximum atomic E-state index is 12.0. The molecule has 3 rings (SSSR count). The van der Waals surface area contributed by atoms with E-state index >= 15 is 0 Å². The van der Waals surface area contributed by atoms with Gasteiger partial charge in [-0.15, -0.1) is 0 Å². The zero-order valence-corrected chi connectivity index (χ0v) is 40.9. The summed E-state index contributed by atoms with van der Waals surface area (Å²) in [5, 5.41) is 2.84. The molecule has 3 heteroatoms. The molecule has 0 spiro atoms. The van der Waals surface area contributed by atoms with Crippen LogP contribution in [0.2, 0.25) is 10.8 Å². The first-order valence-electron chi connectivity index (χ1n) is 25.6. The molecule has 0 unspecified atom stereocenters. The maximum absolute atomic E-state index is 12.0. The Morgan fingerprint density at radius 2 is 0.627 bits per heavy atom. The van der Waals surface area contributed by atoms with Crippen LogP contribution in [-0.4, -0.2) is 4.70 Å². The Morgan fingerprint density at radius 3 is 1.00 bits per heavy atom. The van der Waals surface area contributed by atoms with Crippen LogP contribution in [-0.2, 0) is 27.3 Å². The predicted octanol–water partition coefficient (Wildman–Crippen LogP) is 19.7. The monoisotopic (exact) mass is 853 g/mol. The summed E-state index contributed by atoms with van der Waals surface area (Å²) in [5.74, 6) is 0. The number of rotatable bonds is 36. The van der Waals surface area contributed by atoms with Gasteiger partial charge in [-0.25, -0.2) is 4.70 Å². The average molecular weight is 854 g/mol. The summed E-state index contributed by atoms with van der Waals surface area (Å²) in [7, 11) is 0. The summed E-state index contributed by atoms with van der Waals surface area (Å²) >= 11 is 2.00. The van der Waals surface area contributed by atoms with E-state index in [0.717, 1.165) is 48.2 Å². The van der Waals surface area contributed by atoms with Crippen LogP contribution in [0.5, 0.6) is 0 Å². The topological polar surface area (TPSA) is 25.3 Å². The third-order valence-corrected chi connectivity index (χ3v) is 13.6. The van der Waals surface area contributed by atoms with Gasteiger partial charge in [0.2, 0.25) is 11.4 Å². The van der Waals surface area contributed by atoms with E-state index in [4.69, 9.17) is 0 Å². The van der Waals surface area contributed by atoms with Crippen LogP contribution in [0.1, 0.15) is 256 Å². The molecule has 2 nitrogen and oxygen atoms in total. The van der Waals surface area contributed by atoms with Gasteiger partial charge in [0.05, 0.1) is 0 Å². The quantitative estimate of drug-likeness (QED) is 0.0371. The fourth-order valence-electron chi connectivity index (χ4n) is 8.35. The van der Waals surface area contributed by atoms with Gasteiger partial charge in [-0.05, 0) is 86.8 Å². The van der Waals surface area contributed by atoms with Gasteiger partial charge in [0.15, 0.2) is 0 Å². The van der Waals surface area contributed by atoms with Gasteiger partial charge in [-0.2, -0.15) is 0 Å². The summed E-state index contributed by atoms with van der Waals surface area (Å²) in [5.41, 5.74) is 21.9. The zero-order valence-electron chi connectivity index (χ0n) is 39.9. The molecule has 0 N–H and O–H groups in total. The van der Waals surface area contributed by atoms with Gasteiger partial charge < -0.3 is 5.53 Å². The first-order valence-corrected chi connectivity index (χ1v) is 27.0. The number of aryl methyl sites for hydroxylation is 2. The van der Waals surface area contributed by atoms with Crippen LogP contribution in [0.15, 0.2) is 59.7 Å². The van der Waals surface area contributed by atoms with Crippen molar-refractivity contribution in [1.29, 1.82) is 0 Å². The van der Waals surface area contributed by atoms with Crippen molar-refractivity contribution >= 4 is 11.4 Å². The molecular formula is C56H94N2Ni. The molecule has 0 saturated carbocycles. The molecule has 0 fully saturated rings. The number of hydrogen-bond acceptors (Lipinski definition) is 0. The molecule has 0 radical (unpaired) electrons. The van der Waals surface area contributed by atoms with Gasteiger partial charge in [-0.3, -0.25) is 0 Å². The standard InChI is InChI=1S/C42H64N2.2C7H15.Ni/c1-5-9-13-16-18-20-24-36-29-33-38(34-30-36)42-40(26-22-19-17-14-10-6-2)39(25-21-15-11-7-3)41(44(42)43)37-31-27-35(28-32-37)23-12-8-4;2*1-3-5-7-6-4-2;/h27-34H,5-26H2,1-4H3;2*1,3-7H2,2H3;. The molecule has 0 bridgehead atoms. The van der Waals surface area contributed by atoms with Crippen molar-refractivity contribution in [3.8, 4) is 0 Å². The van der Waals surface area contributed by atoms with Gasteiger partial charge in [0.25, 0.3) is 0 Å². The molecule has 1 aliphatic rings. The van der Waals surface area contributed by atoms with Crippen molar-refractivity contribution in [3.05, 3.63) is 87.5 Å². The van der Waals surface area contributed by atoms with Crippen LogP contribution >= 0.6 is 0 Å². The molecule has 1 aliphatic heterocycles. The first kappa shape index (κ1) is 53.2. The Balaban J connectivity index is 0.000000677. The van der Waals surface area contributed by atoms with Crippen LogP contribution < -0.4 is 0 Å². The van der Waals surface area contributed by atoms with E-state index in [9.17, 15) is 5.53 Å². The van der Waals surface area contributed by atoms with Crippen molar-refractivity contribution in [1.82, 2.24) is 0 Å². The SMILES string of the molecule is CCCCCCCCC1=C(c2ccc(CCCCCCCC)cc2)[N+](=[N-])C(c2ccc(CCCC)cc2)=C1CCCCCC.CCCCCC[CH2][Ni][CH2]CCCCCC. The third kappa shape index (κ3) is 23.2. The van der Waals surface area contributed by atoms with Crippen molar-refractivity contribution in [2.24, 2.45) is 0 Å². The Labute approximate surface area is 374 Å². The van der Waals surface area contributed by atoms with Gasteiger partial charge in [-0.1, -0.05) is 142 Å². The number of allylic oxidation sites excluding steroid dienone is 2. The van der Waals surface area contributed by atoms with Gasteiger partial charge >= 0.3 is 103 Å². The molecule has 338 valence electrons. The second kappa shape index (κ2) is 36.6. The molecule has 0 aromatic heterocycles. The van der Waals surface area contributed by atoms with Crippen molar-refractivity contribution in [2.75, 3.05) is 0 Å². The van der Waals surface area contributed by atoms with E-state index in [1.807, 2.05) is 14.4 Å². The van der Waals surface area contributed by atoms with E-state index in [0.29, 0.717) is 0 Å². The summed E-state index contributed by atoms with van der Waals surface area (Å²) in [4.78, 5) is 0. The Morgan fingerprint density at radius 1 is 0.339 bits per heavy atom. The first-order chi connectivity index (χ1) is 29.1. The number of benzene rings is 2. The van der Waals surface area contributed by atoms with E-state index in [-0.39, 0.29) is 0 Å². The van der Waals surface area contributed by atoms with E-state index in [1.165, 1.54) is 213 Å². The zero-order chi connectivity index (χ0) is 42.6. The van der Waals surface area contributed by atoms with Crippen molar-refractivity contribution < 1.29 is 19.1 Å². The van der Waals surface area contributed by atoms with Crippen molar-refractivity contribution in [3.63, 3.8) is 0 Å². The van der Waals surface area contributed by atoms with Crippen LogP contribution in [0.3, 0.4) is 0 Å². The summed E-state index contributed by atoms with van der Waals surface area (Å²) in [6.07, 6.45) is 41.8. The predicted molar refractivity (Wildman–Crippen MR) is 260 cm³/mol. The molecule has 1 heterocycles. The van der Waals surface area contributed by atoms with Gasteiger partial charge in [0.1, 0.15) is 0 Å². The third-order valence-electron chi connectivity index (χ3n) is 12.2. The summed E-state index contributed by atoms with van der Waals surface area (Å²) < 4.78 is 1.57. The van der Waals surface area contributed by atoms with Crippen LogP contribution in [0.4, 0.5) is 0 Å². The normalized spacial score (nSPS) is 12.9. The fourth-order valence-corrected chi connectivity index (χ4v) is 9.58. The average Bonchev–Trinajstić information content (AvgIpc) is 3.53. The minimum absolute atomic E-state index is 1.02. The molecule has 2 aromatic rings. The molecule has 0 amide bonds. The summed E-state index contributed by atoms with van der Waals surface area (Å²) in [6, 6.07) is 18.2. The molecule has 0 saturated heterocycles. The van der Waals surface area contributed by atoms with E-state index < -0.39 is 0 Å². The molecular weight excluding hydrogens is 759 g/mol. The Kier molecular flexibility index (Phi) is 33.0.